The molecule has 0 saturated carbocycles. The zero-order valence-electron chi connectivity index (χ0n) is 7.27. The highest BCUT2D eigenvalue weighted by atomic mass is 14.9. The summed E-state index contributed by atoms with van der Waals surface area (Å²) in [5.41, 5.74) is 2.24. The van der Waals surface area contributed by atoms with E-state index in [1.54, 1.807) is 0 Å². The first-order valence-electron chi connectivity index (χ1n) is 4.32. The molecule has 0 aliphatic rings. The van der Waals surface area contributed by atoms with Crippen LogP contribution in [-0.2, 0) is 0 Å². The molecule has 0 radical (unpaired) electrons. The van der Waals surface area contributed by atoms with Crippen molar-refractivity contribution in [2.75, 3.05) is 5.32 Å². The predicted molar refractivity (Wildman–Crippen MR) is 66.1 cm³/mol. The molecular formula is C12H14BN. The lowest BCUT2D eigenvalue weighted by Gasteiger charge is -2.04. The Morgan fingerprint density at radius 1 is 0.571 bits per heavy atom. The van der Waals surface area contributed by atoms with Gasteiger partial charge in [0.15, 0.2) is 0 Å². The highest BCUT2D eigenvalue weighted by molar-refractivity contribution is 5.75. The van der Waals surface area contributed by atoms with Gasteiger partial charge >= 0.3 is 0 Å². The Labute approximate surface area is 86.4 Å². The van der Waals surface area contributed by atoms with Crippen LogP contribution in [0.2, 0.25) is 0 Å². The van der Waals surface area contributed by atoms with Gasteiger partial charge in [0, 0.05) is 11.4 Å². The maximum Gasteiger partial charge on any atom is 0.0814 e. The fraction of sp³-hybridized carbons (Fsp3) is 0. The second kappa shape index (κ2) is 5.13. The zero-order valence-corrected chi connectivity index (χ0v) is 7.27. The zero-order chi connectivity index (χ0) is 8.93. The fourth-order valence-electron chi connectivity index (χ4n) is 1.21. The molecule has 0 amide bonds. The maximum absolute atomic E-state index is 3.30. The van der Waals surface area contributed by atoms with E-state index in [4.69, 9.17) is 0 Å². The molecule has 0 unspecified atom stereocenters. The predicted octanol–water partition coefficient (Wildman–Crippen LogP) is 2.25. The van der Waals surface area contributed by atoms with Crippen molar-refractivity contribution in [3.8, 4) is 0 Å². The van der Waals surface area contributed by atoms with E-state index in [2.05, 4.69) is 5.32 Å². The summed E-state index contributed by atoms with van der Waals surface area (Å²) in [6.45, 7) is 0. The summed E-state index contributed by atoms with van der Waals surface area (Å²) < 4.78 is 0. The third-order valence-corrected chi connectivity index (χ3v) is 1.84. The van der Waals surface area contributed by atoms with Crippen molar-refractivity contribution in [1.82, 2.24) is 0 Å². The highest BCUT2D eigenvalue weighted by Crippen LogP contribution is 2.14. The van der Waals surface area contributed by atoms with E-state index < -0.39 is 0 Å². The van der Waals surface area contributed by atoms with Gasteiger partial charge in [-0.3, -0.25) is 0 Å². The number of para-hydroxylation sites is 2. The summed E-state index contributed by atoms with van der Waals surface area (Å²) >= 11 is 0. The van der Waals surface area contributed by atoms with Crippen LogP contribution in [0.25, 0.3) is 0 Å². The number of nitrogens with one attached hydrogen (secondary N) is 1. The molecule has 1 N–H and O–H groups in total. The molecule has 0 atom stereocenters. The Kier molecular flexibility index (Phi) is 3.80. The van der Waals surface area contributed by atoms with Crippen molar-refractivity contribution in [3.05, 3.63) is 60.7 Å². The highest BCUT2D eigenvalue weighted by Gasteiger charge is 1.89. The van der Waals surface area contributed by atoms with Gasteiger partial charge in [-0.2, -0.15) is 0 Å². The summed E-state index contributed by atoms with van der Waals surface area (Å²) in [6.07, 6.45) is 0. The number of benzene rings is 2. The molecule has 1 nitrogen and oxygen atoms in total. The second-order valence-corrected chi connectivity index (χ2v) is 2.86. The Morgan fingerprint density at radius 2 is 0.929 bits per heavy atom. The average Bonchev–Trinajstić information content (AvgIpc) is 2.21. The lowest BCUT2D eigenvalue weighted by Crippen LogP contribution is -1.87. The minimum absolute atomic E-state index is 0. The van der Waals surface area contributed by atoms with E-state index >= 15 is 0 Å². The number of rotatable bonds is 2. The SMILES string of the molecule is B.c1ccc(Nc2ccccc2)cc1. The van der Waals surface area contributed by atoms with Gasteiger partial charge in [0.2, 0.25) is 0 Å². The van der Waals surface area contributed by atoms with Crippen LogP contribution in [0.3, 0.4) is 0 Å². The molecule has 14 heavy (non-hydrogen) atoms. The average molecular weight is 183 g/mol. The quantitative estimate of drug-likeness (QED) is 0.704. The third-order valence-electron chi connectivity index (χ3n) is 1.84. The van der Waals surface area contributed by atoms with E-state index in [-0.39, 0.29) is 8.41 Å². The van der Waals surface area contributed by atoms with Crippen LogP contribution in [0, 0.1) is 0 Å². The molecule has 2 rings (SSSR count). The van der Waals surface area contributed by atoms with Crippen LogP contribution in [0.5, 0.6) is 0 Å². The molecule has 0 spiro atoms. The molecule has 2 heteroatoms. The lowest BCUT2D eigenvalue weighted by molar-refractivity contribution is 1.55. The van der Waals surface area contributed by atoms with Crippen molar-refractivity contribution >= 4 is 19.8 Å². The van der Waals surface area contributed by atoms with Crippen LogP contribution in [-0.4, -0.2) is 8.41 Å². The van der Waals surface area contributed by atoms with E-state index in [0.29, 0.717) is 0 Å². The number of anilines is 2. The molecule has 0 bridgehead atoms. The van der Waals surface area contributed by atoms with E-state index in [9.17, 15) is 0 Å². The third kappa shape index (κ3) is 2.66. The standard InChI is InChI=1S/C12H11N.BH3/c1-3-7-11(8-4-1)13-12-9-5-2-6-10-12;/h1-10,13H;1H3. The molecule has 0 saturated heterocycles. The summed E-state index contributed by atoms with van der Waals surface area (Å²) in [6, 6.07) is 20.3. The van der Waals surface area contributed by atoms with Gasteiger partial charge < -0.3 is 5.32 Å². The van der Waals surface area contributed by atoms with E-state index in [1.807, 2.05) is 60.7 Å². The van der Waals surface area contributed by atoms with Crippen LogP contribution in [0.1, 0.15) is 0 Å². The van der Waals surface area contributed by atoms with Crippen LogP contribution < -0.4 is 5.32 Å². The molecule has 2 aromatic carbocycles. The Morgan fingerprint density at radius 3 is 1.29 bits per heavy atom. The van der Waals surface area contributed by atoms with Crippen LogP contribution in [0.4, 0.5) is 11.4 Å². The van der Waals surface area contributed by atoms with Crippen molar-refractivity contribution in [2.45, 2.75) is 0 Å². The largest absolute Gasteiger partial charge is 0.356 e. The Bertz CT molecular complexity index is 321. The molecular weight excluding hydrogens is 169 g/mol. The van der Waals surface area contributed by atoms with Gasteiger partial charge in [-0.15, -0.1) is 0 Å². The summed E-state index contributed by atoms with van der Waals surface area (Å²) in [5, 5.41) is 3.30. The number of hydrogen-bond acceptors (Lipinski definition) is 1. The molecule has 0 aromatic heterocycles. The summed E-state index contributed by atoms with van der Waals surface area (Å²) in [4.78, 5) is 0. The van der Waals surface area contributed by atoms with Gasteiger partial charge in [-0.25, -0.2) is 0 Å². The van der Waals surface area contributed by atoms with E-state index in [0.717, 1.165) is 11.4 Å². The normalized spacial score (nSPS) is 8.86. The second-order valence-electron chi connectivity index (χ2n) is 2.86. The van der Waals surface area contributed by atoms with Crippen molar-refractivity contribution in [3.63, 3.8) is 0 Å². The first-order valence-corrected chi connectivity index (χ1v) is 4.32. The first kappa shape index (κ1) is 10.4. The van der Waals surface area contributed by atoms with Crippen molar-refractivity contribution in [2.24, 2.45) is 0 Å². The smallest absolute Gasteiger partial charge is 0.0814 e. The molecule has 0 aliphatic heterocycles. The Balaban J connectivity index is 0.000000980. The summed E-state index contributed by atoms with van der Waals surface area (Å²) in [7, 11) is 0. The van der Waals surface area contributed by atoms with Gasteiger partial charge in [0.25, 0.3) is 0 Å². The maximum atomic E-state index is 3.30. The monoisotopic (exact) mass is 183 g/mol. The van der Waals surface area contributed by atoms with Crippen LogP contribution >= 0.6 is 0 Å². The minimum Gasteiger partial charge on any atom is -0.356 e. The first-order chi connectivity index (χ1) is 6.45. The molecule has 0 heterocycles. The fourth-order valence-corrected chi connectivity index (χ4v) is 1.21. The lowest BCUT2D eigenvalue weighted by atomic mass is 10.3. The summed E-state index contributed by atoms with van der Waals surface area (Å²) in [5.74, 6) is 0. The molecule has 0 aliphatic carbocycles. The van der Waals surface area contributed by atoms with Crippen molar-refractivity contribution in [1.29, 1.82) is 0 Å². The van der Waals surface area contributed by atoms with Gasteiger partial charge in [-0.1, -0.05) is 36.4 Å². The van der Waals surface area contributed by atoms with Gasteiger partial charge in [0.1, 0.15) is 0 Å². The molecule has 2 aromatic rings. The van der Waals surface area contributed by atoms with Crippen LogP contribution in [0.15, 0.2) is 60.7 Å². The van der Waals surface area contributed by atoms with Crippen molar-refractivity contribution < 1.29 is 0 Å². The topological polar surface area (TPSA) is 12.0 Å². The Hall–Kier alpha value is -1.70. The van der Waals surface area contributed by atoms with Gasteiger partial charge in [0.05, 0.1) is 8.41 Å². The number of hydrogen-bond donors (Lipinski definition) is 1. The molecule has 70 valence electrons. The molecule has 0 fully saturated rings. The minimum atomic E-state index is 0. The van der Waals surface area contributed by atoms with Gasteiger partial charge in [-0.05, 0) is 24.3 Å². The van der Waals surface area contributed by atoms with E-state index in [1.165, 1.54) is 0 Å².